The molecule has 0 radical (unpaired) electrons. The monoisotopic (exact) mass is 252 g/mol. The molecule has 0 atom stereocenters. The number of nitrogens with one attached hydrogen (secondary N) is 1. The number of pyridine rings is 1. The molecule has 0 spiro atoms. The molecule has 72 valence electrons. The first-order valence-electron chi connectivity index (χ1n) is 3.46. The Morgan fingerprint density at radius 2 is 2.23 bits per heavy atom. The van der Waals surface area contributed by atoms with Gasteiger partial charge in [0, 0.05) is 16.6 Å². The van der Waals surface area contributed by atoms with Gasteiger partial charge in [-0.1, -0.05) is 0 Å². The summed E-state index contributed by atoms with van der Waals surface area (Å²) in [5.74, 6) is 0. The molecule has 3 nitrogen and oxygen atoms in total. The Bertz CT molecular complexity index is 364. The van der Waals surface area contributed by atoms with Crippen molar-refractivity contribution in [2.45, 2.75) is 13.0 Å². The second-order valence-electron chi connectivity index (χ2n) is 2.39. The van der Waals surface area contributed by atoms with Gasteiger partial charge in [0.2, 0.25) is 0 Å². The number of hydrogen-bond donors (Lipinski definition) is 2. The Morgan fingerprint density at radius 1 is 1.62 bits per heavy atom. The number of H-pyrrole nitrogens is 1. The second-order valence-corrected chi connectivity index (χ2v) is 3.24. The summed E-state index contributed by atoms with van der Waals surface area (Å²) in [6.07, 6.45) is -2.70. The van der Waals surface area contributed by atoms with Crippen molar-refractivity contribution < 1.29 is 8.78 Å². The van der Waals surface area contributed by atoms with Gasteiger partial charge < -0.3 is 10.7 Å². The fourth-order valence-corrected chi connectivity index (χ4v) is 1.42. The SMILES string of the molecule is NCc1cc(Br)c(C(F)F)[nH]c1=O. The number of aromatic amines is 1. The summed E-state index contributed by atoms with van der Waals surface area (Å²) in [5.41, 5.74) is 4.51. The third kappa shape index (κ3) is 2.13. The molecule has 13 heavy (non-hydrogen) atoms. The highest BCUT2D eigenvalue weighted by Gasteiger charge is 2.14. The molecule has 0 unspecified atom stereocenters. The molecule has 3 N–H and O–H groups in total. The van der Waals surface area contributed by atoms with Crippen molar-refractivity contribution in [1.82, 2.24) is 4.98 Å². The van der Waals surface area contributed by atoms with Gasteiger partial charge >= 0.3 is 0 Å². The average Bonchev–Trinajstić information content (AvgIpc) is 2.07. The lowest BCUT2D eigenvalue weighted by atomic mass is 10.2. The first-order valence-corrected chi connectivity index (χ1v) is 4.25. The Hall–Kier alpha value is -0.750. The summed E-state index contributed by atoms with van der Waals surface area (Å²) in [6, 6.07) is 1.31. The minimum absolute atomic E-state index is 0.0252. The van der Waals surface area contributed by atoms with Crippen LogP contribution in [0.2, 0.25) is 0 Å². The molecule has 1 aromatic rings. The van der Waals surface area contributed by atoms with Gasteiger partial charge in [-0.05, 0) is 22.0 Å². The van der Waals surface area contributed by atoms with E-state index >= 15 is 0 Å². The first-order chi connectivity index (χ1) is 6.06. The fraction of sp³-hybridized carbons (Fsp3) is 0.286. The van der Waals surface area contributed by atoms with Crippen LogP contribution >= 0.6 is 15.9 Å². The molecule has 1 heterocycles. The fourth-order valence-electron chi connectivity index (χ4n) is 0.869. The van der Waals surface area contributed by atoms with Gasteiger partial charge in [-0.3, -0.25) is 4.79 Å². The molecule has 0 aromatic carbocycles. The van der Waals surface area contributed by atoms with Crippen LogP contribution in [0.1, 0.15) is 17.7 Å². The molecule has 0 aliphatic rings. The lowest BCUT2D eigenvalue weighted by Crippen LogP contribution is -2.18. The van der Waals surface area contributed by atoms with Crippen molar-refractivity contribution in [2.24, 2.45) is 5.73 Å². The number of alkyl halides is 2. The molecular weight excluding hydrogens is 246 g/mol. The van der Waals surface area contributed by atoms with Crippen molar-refractivity contribution in [1.29, 1.82) is 0 Å². The van der Waals surface area contributed by atoms with E-state index in [0.29, 0.717) is 0 Å². The van der Waals surface area contributed by atoms with Gasteiger partial charge in [0.05, 0.1) is 5.69 Å². The molecule has 0 fully saturated rings. The number of halogens is 3. The normalized spacial score (nSPS) is 10.8. The lowest BCUT2D eigenvalue weighted by Gasteiger charge is -2.04. The highest BCUT2D eigenvalue weighted by atomic mass is 79.9. The van der Waals surface area contributed by atoms with Gasteiger partial charge in [0.25, 0.3) is 12.0 Å². The standard InChI is InChI=1S/C7H7BrF2N2O/c8-4-1-3(2-11)7(13)12-5(4)6(9)10/h1,6H,2,11H2,(H,12,13). The quantitative estimate of drug-likeness (QED) is 0.839. The van der Waals surface area contributed by atoms with Crippen molar-refractivity contribution in [3.63, 3.8) is 0 Å². The zero-order valence-electron chi connectivity index (χ0n) is 6.48. The second kappa shape index (κ2) is 3.97. The van der Waals surface area contributed by atoms with Gasteiger partial charge in [-0.2, -0.15) is 0 Å². The Balaban J connectivity index is 3.29. The Labute approximate surface area is 81.1 Å². The van der Waals surface area contributed by atoms with Crippen LogP contribution in [0.4, 0.5) is 8.78 Å². The number of nitrogens with two attached hydrogens (primary N) is 1. The zero-order chi connectivity index (χ0) is 10.0. The van der Waals surface area contributed by atoms with Crippen LogP contribution in [0.25, 0.3) is 0 Å². The van der Waals surface area contributed by atoms with Crippen LogP contribution in [-0.2, 0) is 6.54 Å². The molecule has 0 saturated carbocycles. The summed E-state index contributed by atoms with van der Waals surface area (Å²) in [6.45, 7) is 0.0252. The minimum atomic E-state index is -2.70. The number of rotatable bonds is 2. The molecule has 1 rings (SSSR count). The first kappa shape index (κ1) is 10.3. The van der Waals surface area contributed by atoms with Gasteiger partial charge in [0.15, 0.2) is 0 Å². The molecule has 6 heteroatoms. The van der Waals surface area contributed by atoms with E-state index in [1.54, 1.807) is 0 Å². The van der Waals surface area contributed by atoms with E-state index in [1.807, 2.05) is 0 Å². The molecule has 1 aromatic heterocycles. The summed E-state index contributed by atoms with van der Waals surface area (Å²) >= 11 is 2.92. The van der Waals surface area contributed by atoms with Crippen LogP contribution in [-0.4, -0.2) is 4.98 Å². The Morgan fingerprint density at radius 3 is 2.69 bits per heavy atom. The summed E-state index contributed by atoms with van der Waals surface area (Å²) < 4.78 is 24.6. The predicted octanol–water partition coefficient (Wildman–Crippen LogP) is 1.53. The van der Waals surface area contributed by atoms with Crippen LogP contribution in [0.3, 0.4) is 0 Å². The highest BCUT2D eigenvalue weighted by molar-refractivity contribution is 9.10. The van der Waals surface area contributed by atoms with E-state index < -0.39 is 17.7 Å². The number of hydrogen-bond acceptors (Lipinski definition) is 2. The van der Waals surface area contributed by atoms with Crippen molar-refractivity contribution in [3.05, 3.63) is 32.2 Å². The van der Waals surface area contributed by atoms with E-state index in [9.17, 15) is 13.6 Å². The highest BCUT2D eigenvalue weighted by Crippen LogP contribution is 2.24. The molecule has 0 bridgehead atoms. The minimum Gasteiger partial charge on any atom is -0.326 e. The molecule has 0 saturated heterocycles. The van der Waals surface area contributed by atoms with E-state index in [1.165, 1.54) is 6.07 Å². The summed E-state index contributed by atoms with van der Waals surface area (Å²) in [5, 5.41) is 0. The van der Waals surface area contributed by atoms with Gasteiger partial charge in [-0.15, -0.1) is 0 Å². The maximum atomic E-state index is 12.2. The maximum absolute atomic E-state index is 12.2. The van der Waals surface area contributed by atoms with Crippen LogP contribution < -0.4 is 11.3 Å². The van der Waals surface area contributed by atoms with E-state index in [4.69, 9.17) is 5.73 Å². The third-order valence-corrected chi connectivity index (χ3v) is 2.19. The van der Waals surface area contributed by atoms with E-state index in [2.05, 4.69) is 20.9 Å². The summed E-state index contributed by atoms with van der Waals surface area (Å²) in [7, 11) is 0. The molecular formula is C7H7BrF2N2O. The summed E-state index contributed by atoms with van der Waals surface area (Å²) in [4.78, 5) is 13.1. The zero-order valence-corrected chi connectivity index (χ0v) is 8.07. The van der Waals surface area contributed by atoms with Crippen LogP contribution in [0, 0.1) is 0 Å². The van der Waals surface area contributed by atoms with E-state index in [-0.39, 0.29) is 16.6 Å². The Kier molecular flexibility index (Phi) is 3.16. The largest absolute Gasteiger partial charge is 0.326 e. The smallest absolute Gasteiger partial charge is 0.279 e. The van der Waals surface area contributed by atoms with Crippen LogP contribution in [0.5, 0.6) is 0 Å². The molecule has 0 amide bonds. The lowest BCUT2D eigenvalue weighted by molar-refractivity contribution is 0.145. The number of aromatic nitrogens is 1. The topological polar surface area (TPSA) is 58.9 Å². The molecule has 0 aliphatic carbocycles. The van der Waals surface area contributed by atoms with Crippen molar-refractivity contribution >= 4 is 15.9 Å². The maximum Gasteiger partial charge on any atom is 0.279 e. The van der Waals surface area contributed by atoms with Crippen LogP contribution in [0.15, 0.2) is 15.3 Å². The van der Waals surface area contributed by atoms with Gasteiger partial charge in [0.1, 0.15) is 0 Å². The average molecular weight is 253 g/mol. The van der Waals surface area contributed by atoms with Crippen molar-refractivity contribution in [2.75, 3.05) is 0 Å². The van der Waals surface area contributed by atoms with Gasteiger partial charge in [-0.25, -0.2) is 8.78 Å². The third-order valence-electron chi connectivity index (χ3n) is 1.54. The predicted molar refractivity (Wildman–Crippen MR) is 47.6 cm³/mol. The van der Waals surface area contributed by atoms with E-state index in [0.717, 1.165) is 0 Å². The molecule has 0 aliphatic heterocycles. The van der Waals surface area contributed by atoms with Crippen molar-refractivity contribution in [3.8, 4) is 0 Å².